The van der Waals surface area contributed by atoms with Crippen LogP contribution < -0.4 is 9.64 Å². The first-order valence-electron chi connectivity index (χ1n) is 9.55. The number of carbonyl (C=O) groups is 1. The second-order valence-corrected chi connectivity index (χ2v) is 7.12. The van der Waals surface area contributed by atoms with Crippen LogP contribution in [0.1, 0.15) is 22.3 Å². The largest absolute Gasteiger partial charge is 0.478 e. The number of nitrogens with zero attached hydrogens (tertiary/aromatic N) is 3. The first kappa shape index (κ1) is 20.6. The molecule has 1 aliphatic heterocycles. The molecule has 1 aromatic carbocycles. The Bertz CT molecular complexity index is 1070. The van der Waals surface area contributed by atoms with Gasteiger partial charge in [0, 0.05) is 30.8 Å². The number of carboxylic acids is 1. The van der Waals surface area contributed by atoms with Crippen molar-refractivity contribution in [1.82, 2.24) is 9.97 Å². The summed E-state index contributed by atoms with van der Waals surface area (Å²) in [6.07, 6.45) is -1.95. The lowest BCUT2D eigenvalue weighted by molar-refractivity contribution is -0.137. The average Bonchev–Trinajstić information content (AvgIpc) is 3.22. The van der Waals surface area contributed by atoms with Crippen LogP contribution in [0.4, 0.5) is 18.9 Å². The number of ether oxygens (including phenoxy) is 1. The molecule has 6 nitrogen and oxygen atoms in total. The van der Waals surface area contributed by atoms with Crippen LogP contribution in [0.25, 0.3) is 11.3 Å². The molecule has 3 aromatic rings. The smallest absolute Gasteiger partial charge is 0.417 e. The number of aromatic carboxylic acids is 1. The van der Waals surface area contributed by atoms with E-state index in [0.29, 0.717) is 30.9 Å². The number of pyridine rings is 2. The van der Waals surface area contributed by atoms with Crippen molar-refractivity contribution in [3.8, 4) is 17.1 Å². The monoisotopic (exact) mass is 429 g/mol. The highest BCUT2D eigenvalue weighted by atomic mass is 19.4. The zero-order valence-corrected chi connectivity index (χ0v) is 16.2. The van der Waals surface area contributed by atoms with Gasteiger partial charge in [0.05, 0.1) is 35.2 Å². The summed E-state index contributed by atoms with van der Waals surface area (Å²) >= 11 is 0. The van der Waals surface area contributed by atoms with Gasteiger partial charge >= 0.3 is 12.1 Å². The molecule has 0 spiro atoms. The van der Waals surface area contributed by atoms with E-state index in [1.165, 1.54) is 12.3 Å². The van der Waals surface area contributed by atoms with Gasteiger partial charge in [-0.1, -0.05) is 30.3 Å². The van der Waals surface area contributed by atoms with Crippen molar-refractivity contribution < 1.29 is 27.8 Å². The third kappa shape index (κ3) is 4.60. The van der Waals surface area contributed by atoms with Crippen LogP contribution in [-0.4, -0.2) is 40.2 Å². The Morgan fingerprint density at radius 3 is 2.52 bits per heavy atom. The Labute approximate surface area is 175 Å². The molecule has 1 atom stereocenters. The quantitative estimate of drug-likeness (QED) is 0.643. The van der Waals surface area contributed by atoms with Gasteiger partial charge in [-0.3, -0.25) is 4.98 Å². The van der Waals surface area contributed by atoms with E-state index in [1.54, 1.807) is 6.07 Å². The van der Waals surface area contributed by atoms with Gasteiger partial charge in [-0.05, 0) is 12.1 Å². The highest BCUT2D eigenvalue weighted by molar-refractivity contribution is 5.95. The van der Waals surface area contributed by atoms with E-state index in [0.717, 1.165) is 17.8 Å². The predicted octanol–water partition coefficient (Wildman–Crippen LogP) is 4.52. The van der Waals surface area contributed by atoms with E-state index in [2.05, 4.69) is 9.97 Å². The van der Waals surface area contributed by atoms with E-state index in [9.17, 15) is 23.1 Å². The van der Waals surface area contributed by atoms with Gasteiger partial charge in [0.1, 0.15) is 6.10 Å². The Morgan fingerprint density at radius 1 is 1.10 bits per heavy atom. The molecule has 1 unspecified atom stereocenters. The average molecular weight is 429 g/mol. The van der Waals surface area contributed by atoms with E-state index in [1.807, 2.05) is 35.2 Å². The van der Waals surface area contributed by atoms with Crippen molar-refractivity contribution in [2.24, 2.45) is 0 Å². The maximum absolute atomic E-state index is 12.7. The number of hydrogen-bond donors (Lipinski definition) is 1. The topological polar surface area (TPSA) is 75.5 Å². The molecule has 1 saturated heterocycles. The Hall–Kier alpha value is -3.62. The molecule has 0 bridgehead atoms. The van der Waals surface area contributed by atoms with Gasteiger partial charge in [0.2, 0.25) is 5.88 Å². The molecule has 0 amide bonds. The Balaban J connectivity index is 1.49. The first-order chi connectivity index (χ1) is 14.8. The van der Waals surface area contributed by atoms with Crippen LogP contribution in [0.5, 0.6) is 5.88 Å². The molecule has 0 radical (unpaired) electrons. The molecule has 0 aliphatic carbocycles. The number of hydrogen-bond acceptors (Lipinski definition) is 5. The second-order valence-electron chi connectivity index (χ2n) is 7.12. The van der Waals surface area contributed by atoms with Gasteiger partial charge in [0.15, 0.2) is 0 Å². The van der Waals surface area contributed by atoms with Crippen molar-refractivity contribution in [2.45, 2.75) is 18.7 Å². The fourth-order valence-corrected chi connectivity index (χ4v) is 3.47. The van der Waals surface area contributed by atoms with Crippen LogP contribution in [0.2, 0.25) is 0 Å². The lowest BCUT2D eigenvalue weighted by Gasteiger charge is -2.21. The molecule has 160 valence electrons. The molecule has 31 heavy (non-hydrogen) atoms. The van der Waals surface area contributed by atoms with Gasteiger partial charge in [0.25, 0.3) is 0 Å². The highest BCUT2D eigenvalue weighted by Gasteiger charge is 2.31. The standard InChI is InChI=1S/C22H18F3N3O3/c23-22(24,25)15-6-7-20(27-11-15)31-16-8-9-28(13-16)19-12-26-18(10-17(19)21(29)30)14-4-2-1-3-5-14/h1-7,10-12,16H,8-9,13H2,(H,29,30). The van der Waals surface area contributed by atoms with E-state index >= 15 is 0 Å². The zero-order chi connectivity index (χ0) is 22.0. The van der Waals surface area contributed by atoms with Gasteiger partial charge in [-0.2, -0.15) is 13.2 Å². The summed E-state index contributed by atoms with van der Waals surface area (Å²) in [6.45, 7) is 0.896. The minimum Gasteiger partial charge on any atom is -0.478 e. The van der Waals surface area contributed by atoms with E-state index in [-0.39, 0.29) is 17.5 Å². The molecule has 2 aromatic heterocycles. The van der Waals surface area contributed by atoms with Crippen molar-refractivity contribution in [2.75, 3.05) is 18.0 Å². The molecule has 1 aliphatic rings. The first-order valence-corrected chi connectivity index (χ1v) is 9.55. The lowest BCUT2D eigenvalue weighted by atomic mass is 10.1. The minimum absolute atomic E-state index is 0.0934. The van der Waals surface area contributed by atoms with Crippen molar-refractivity contribution in [3.63, 3.8) is 0 Å². The van der Waals surface area contributed by atoms with Crippen molar-refractivity contribution in [3.05, 3.63) is 72.1 Å². The van der Waals surface area contributed by atoms with Gasteiger partial charge < -0.3 is 14.7 Å². The number of rotatable bonds is 5. The summed E-state index contributed by atoms with van der Waals surface area (Å²) in [5.41, 5.74) is 1.12. The summed E-state index contributed by atoms with van der Waals surface area (Å²) in [7, 11) is 0. The Morgan fingerprint density at radius 2 is 1.87 bits per heavy atom. The number of anilines is 1. The fourth-order valence-electron chi connectivity index (χ4n) is 3.47. The summed E-state index contributed by atoms with van der Waals surface area (Å²) in [5.74, 6) is -0.973. The number of halogens is 3. The van der Waals surface area contributed by atoms with E-state index < -0.39 is 17.7 Å². The van der Waals surface area contributed by atoms with Crippen LogP contribution in [0, 0.1) is 0 Å². The zero-order valence-electron chi connectivity index (χ0n) is 16.2. The maximum atomic E-state index is 12.7. The number of alkyl halides is 3. The summed E-state index contributed by atoms with van der Waals surface area (Å²) in [6, 6.07) is 12.9. The molecule has 1 fully saturated rings. The number of carboxylic acid groups (broad SMARTS) is 1. The van der Waals surface area contributed by atoms with Crippen LogP contribution in [-0.2, 0) is 6.18 Å². The molecule has 1 N–H and O–H groups in total. The summed E-state index contributed by atoms with van der Waals surface area (Å²) in [5, 5.41) is 9.70. The third-order valence-electron chi connectivity index (χ3n) is 5.02. The Kier molecular flexibility index (Phi) is 5.50. The summed E-state index contributed by atoms with van der Waals surface area (Å²) < 4.78 is 43.7. The maximum Gasteiger partial charge on any atom is 0.417 e. The normalized spacial score (nSPS) is 16.4. The third-order valence-corrected chi connectivity index (χ3v) is 5.02. The molecular formula is C22H18F3N3O3. The van der Waals surface area contributed by atoms with Crippen LogP contribution in [0.3, 0.4) is 0 Å². The van der Waals surface area contributed by atoms with Crippen molar-refractivity contribution in [1.29, 1.82) is 0 Å². The van der Waals surface area contributed by atoms with Gasteiger partial charge in [-0.25, -0.2) is 9.78 Å². The van der Waals surface area contributed by atoms with Crippen molar-refractivity contribution >= 4 is 11.7 Å². The van der Waals surface area contributed by atoms with Crippen LogP contribution >= 0.6 is 0 Å². The highest BCUT2D eigenvalue weighted by Crippen LogP contribution is 2.31. The fraction of sp³-hybridized carbons (Fsp3) is 0.227. The number of aromatic nitrogens is 2. The molecule has 4 rings (SSSR count). The molecule has 0 saturated carbocycles. The van der Waals surface area contributed by atoms with E-state index in [4.69, 9.17) is 4.74 Å². The molecule has 3 heterocycles. The SMILES string of the molecule is O=C(O)c1cc(-c2ccccc2)ncc1N1CCC(Oc2ccc(C(F)(F)F)cn2)C1. The lowest BCUT2D eigenvalue weighted by Crippen LogP contribution is -2.26. The van der Waals surface area contributed by atoms with Crippen LogP contribution in [0.15, 0.2) is 60.9 Å². The minimum atomic E-state index is -4.46. The molecular weight excluding hydrogens is 411 g/mol. The summed E-state index contributed by atoms with van der Waals surface area (Å²) in [4.78, 5) is 21.9. The van der Waals surface area contributed by atoms with Gasteiger partial charge in [-0.15, -0.1) is 0 Å². The predicted molar refractivity (Wildman–Crippen MR) is 107 cm³/mol. The second kappa shape index (κ2) is 8.25. The molecule has 9 heteroatoms. The number of benzene rings is 1.